The Labute approximate surface area is 189 Å². The van der Waals surface area contributed by atoms with Gasteiger partial charge in [-0.05, 0) is 56.9 Å². The van der Waals surface area contributed by atoms with Crippen molar-refractivity contribution in [3.63, 3.8) is 0 Å². The van der Waals surface area contributed by atoms with Crippen LogP contribution in [-0.2, 0) is 11.3 Å². The SMILES string of the molecule is CCn1ccc(C(=O)NC2CCN(C(=O)N3CC4CC(C3)[C@H]3CCCC(=O)N3C4)CC2)n1. The molecule has 0 aromatic carbocycles. The third-order valence-corrected chi connectivity index (χ3v) is 7.75. The van der Waals surface area contributed by atoms with Gasteiger partial charge in [-0.15, -0.1) is 0 Å². The topological polar surface area (TPSA) is 90.8 Å². The number of aryl methyl sites for hydroxylation is 1. The molecular formula is C23H34N6O3. The average Bonchev–Trinajstić information content (AvgIpc) is 3.29. The van der Waals surface area contributed by atoms with Gasteiger partial charge < -0.3 is 20.0 Å². The summed E-state index contributed by atoms with van der Waals surface area (Å²) in [5, 5.41) is 7.34. The molecule has 0 saturated carbocycles. The summed E-state index contributed by atoms with van der Waals surface area (Å²) >= 11 is 0. The molecule has 4 saturated heterocycles. The first-order valence-corrected chi connectivity index (χ1v) is 12.2. The number of carbonyl (C=O) groups excluding carboxylic acids is 3. The van der Waals surface area contributed by atoms with E-state index in [4.69, 9.17) is 0 Å². The number of nitrogens with one attached hydrogen (secondary N) is 1. The Morgan fingerprint density at radius 3 is 2.69 bits per heavy atom. The Morgan fingerprint density at radius 1 is 1.12 bits per heavy atom. The zero-order valence-corrected chi connectivity index (χ0v) is 18.9. The minimum absolute atomic E-state index is 0.0703. The highest BCUT2D eigenvalue weighted by atomic mass is 16.2. The second kappa shape index (κ2) is 8.75. The minimum Gasteiger partial charge on any atom is -0.348 e. The van der Waals surface area contributed by atoms with Gasteiger partial charge in [0.25, 0.3) is 5.91 Å². The quantitative estimate of drug-likeness (QED) is 0.769. The number of likely N-dealkylation sites (tertiary alicyclic amines) is 2. The van der Waals surface area contributed by atoms with Crippen molar-refractivity contribution in [1.82, 2.24) is 29.8 Å². The first-order chi connectivity index (χ1) is 15.5. The molecule has 0 aliphatic carbocycles. The predicted molar refractivity (Wildman–Crippen MR) is 118 cm³/mol. The number of nitrogens with zero attached hydrogens (tertiary/aromatic N) is 5. The Hall–Kier alpha value is -2.58. The Kier molecular flexibility index (Phi) is 5.82. The molecule has 4 amide bonds. The molecule has 1 aromatic rings. The van der Waals surface area contributed by atoms with E-state index >= 15 is 0 Å². The van der Waals surface area contributed by atoms with Crippen LogP contribution >= 0.6 is 0 Å². The van der Waals surface area contributed by atoms with E-state index in [1.807, 2.05) is 22.9 Å². The van der Waals surface area contributed by atoms with Crippen molar-refractivity contribution >= 4 is 17.8 Å². The third-order valence-electron chi connectivity index (χ3n) is 7.75. The van der Waals surface area contributed by atoms with Crippen LogP contribution in [0.3, 0.4) is 0 Å². The molecule has 1 N–H and O–H groups in total. The Bertz CT molecular complexity index is 877. The zero-order chi connectivity index (χ0) is 22.2. The second-order valence-corrected chi connectivity index (χ2v) is 9.85. The van der Waals surface area contributed by atoms with Crippen molar-refractivity contribution in [1.29, 1.82) is 0 Å². The van der Waals surface area contributed by atoms with E-state index in [0.717, 1.165) is 58.3 Å². The first-order valence-electron chi connectivity index (χ1n) is 12.2. The minimum atomic E-state index is -0.141. The molecule has 9 heteroatoms. The van der Waals surface area contributed by atoms with Crippen LogP contribution in [0.15, 0.2) is 12.3 Å². The Morgan fingerprint density at radius 2 is 1.94 bits per heavy atom. The number of hydrogen-bond donors (Lipinski definition) is 1. The van der Waals surface area contributed by atoms with Gasteiger partial charge in [0.15, 0.2) is 0 Å². The zero-order valence-electron chi connectivity index (χ0n) is 18.9. The summed E-state index contributed by atoms with van der Waals surface area (Å²) in [6, 6.07) is 2.26. The number of urea groups is 1. The number of carbonyl (C=O) groups is 3. The lowest BCUT2D eigenvalue weighted by atomic mass is 9.76. The van der Waals surface area contributed by atoms with Gasteiger partial charge in [-0.2, -0.15) is 5.10 Å². The van der Waals surface area contributed by atoms with Crippen molar-refractivity contribution in [2.45, 2.75) is 64.1 Å². The van der Waals surface area contributed by atoms with Gasteiger partial charge in [0, 0.05) is 64.0 Å². The molecule has 0 spiro atoms. The van der Waals surface area contributed by atoms with Crippen LogP contribution in [0, 0.1) is 11.8 Å². The summed E-state index contributed by atoms with van der Waals surface area (Å²) in [5.41, 5.74) is 0.445. The summed E-state index contributed by atoms with van der Waals surface area (Å²) in [6.45, 7) is 6.37. The summed E-state index contributed by atoms with van der Waals surface area (Å²) < 4.78 is 1.74. The highest BCUT2D eigenvalue weighted by Crippen LogP contribution is 2.38. The number of amides is 4. The third kappa shape index (κ3) is 4.09. The lowest BCUT2D eigenvalue weighted by molar-refractivity contribution is -0.144. The molecule has 1 aromatic heterocycles. The summed E-state index contributed by atoms with van der Waals surface area (Å²) in [5.74, 6) is 0.977. The van der Waals surface area contributed by atoms with E-state index in [2.05, 4.69) is 15.3 Å². The molecule has 4 fully saturated rings. The van der Waals surface area contributed by atoms with Crippen molar-refractivity contribution in [2.75, 3.05) is 32.7 Å². The van der Waals surface area contributed by atoms with Gasteiger partial charge in [-0.1, -0.05) is 0 Å². The number of piperidine rings is 4. The van der Waals surface area contributed by atoms with Gasteiger partial charge in [0.1, 0.15) is 5.69 Å². The van der Waals surface area contributed by atoms with Gasteiger partial charge in [-0.25, -0.2) is 4.79 Å². The van der Waals surface area contributed by atoms with Crippen molar-refractivity contribution in [3.05, 3.63) is 18.0 Å². The standard InChI is InChI=1S/C23H34N6O3/c1-2-28-11-8-19(25-28)22(31)24-18-6-9-26(10-7-18)23(32)27-13-16-12-17(15-27)20-4-3-5-21(30)29(20)14-16/h8,11,16-18,20H,2-7,9-10,12-15H2,1H3,(H,24,31)/t16?,17?,20-/m1/s1. The number of rotatable bonds is 3. The highest BCUT2D eigenvalue weighted by molar-refractivity contribution is 5.92. The smallest absolute Gasteiger partial charge is 0.320 e. The molecule has 5 heterocycles. The molecule has 9 nitrogen and oxygen atoms in total. The molecule has 2 unspecified atom stereocenters. The number of aromatic nitrogens is 2. The van der Waals surface area contributed by atoms with Crippen LogP contribution in [0.4, 0.5) is 4.79 Å². The first kappa shape index (κ1) is 21.3. The number of hydrogen-bond acceptors (Lipinski definition) is 4. The summed E-state index contributed by atoms with van der Waals surface area (Å²) in [6.07, 6.45) is 7.21. The summed E-state index contributed by atoms with van der Waals surface area (Å²) in [4.78, 5) is 44.1. The highest BCUT2D eigenvalue weighted by Gasteiger charge is 2.45. The normalized spacial score (nSPS) is 28.5. The fraction of sp³-hybridized carbons (Fsp3) is 0.739. The molecule has 32 heavy (non-hydrogen) atoms. The summed E-state index contributed by atoms with van der Waals surface area (Å²) in [7, 11) is 0. The molecule has 174 valence electrons. The van der Waals surface area contributed by atoms with Gasteiger partial charge in [-0.3, -0.25) is 14.3 Å². The van der Waals surface area contributed by atoms with E-state index < -0.39 is 0 Å². The van der Waals surface area contributed by atoms with E-state index in [0.29, 0.717) is 49.0 Å². The van der Waals surface area contributed by atoms with Crippen LogP contribution < -0.4 is 5.32 Å². The lowest BCUT2D eigenvalue weighted by Gasteiger charge is -2.53. The monoisotopic (exact) mass is 442 g/mol. The van der Waals surface area contributed by atoms with Crippen molar-refractivity contribution < 1.29 is 14.4 Å². The van der Waals surface area contributed by atoms with Crippen LogP contribution in [0.2, 0.25) is 0 Å². The molecule has 2 bridgehead atoms. The fourth-order valence-corrected chi connectivity index (χ4v) is 6.10. The van der Waals surface area contributed by atoms with Gasteiger partial charge in [0.05, 0.1) is 0 Å². The molecule has 5 rings (SSSR count). The second-order valence-electron chi connectivity index (χ2n) is 9.85. The van der Waals surface area contributed by atoms with Gasteiger partial charge in [0.2, 0.25) is 5.91 Å². The van der Waals surface area contributed by atoms with Crippen LogP contribution in [0.5, 0.6) is 0 Å². The van der Waals surface area contributed by atoms with Crippen LogP contribution in [0.25, 0.3) is 0 Å². The maximum Gasteiger partial charge on any atom is 0.320 e. The number of fused-ring (bicyclic) bond motifs is 4. The molecule has 4 aliphatic rings. The largest absolute Gasteiger partial charge is 0.348 e. The van der Waals surface area contributed by atoms with Crippen molar-refractivity contribution in [2.24, 2.45) is 11.8 Å². The van der Waals surface area contributed by atoms with Crippen molar-refractivity contribution in [3.8, 4) is 0 Å². The molecular weight excluding hydrogens is 408 g/mol. The van der Waals surface area contributed by atoms with E-state index in [1.54, 1.807) is 10.7 Å². The Balaban J connectivity index is 1.13. The fourth-order valence-electron chi connectivity index (χ4n) is 6.10. The molecule has 4 aliphatic heterocycles. The lowest BCUT2D eigenvalue weighted by Crippen LogP contribution is -2.62. The van der Waals surface area contributed by atoms with Crippen LogP contribution in [-0.4, -0.2) is 87.1 Å². The maximum atomic E-state index is 13.3. The van der Waals surface area contributed by atoms with E-state index in [9.17, 15) is 14.4 Å². The van der Waals surface area contributed by atoms with Gasteiger partial charge >= 0.3 is 6.03 Å². The molecule has 0 radical (unpaired) electrons. The van der Waals surface area contributed by atoms with E-state index in [1.165, 1.54) is 0 Å². The average molecular weight is 443 g/mol. The van der Waals surface area contributed by atoms with E-state index in [-0.39, 0.29) is 18.0 Å². The maximum absolute atomic E-state index is 13.3. The predicted octanol–water partition coefficient (Wildman–Crippen LogP) is 1.55. The van der Waals surface area contributed by atoms with Crippen LogP contribution in [0.1, 0.15) is 55.9 Å². The molecule has 3 atom stereocenters.